The summed E-state index contributed by atoms with van der Waals surface area (Å²) in [6.07, 6.45) is -0.171. The first kappa shape index (κ1) is 19.1. The molecule has 0 radical (unpaired) electrons. The quantitative estimate of drug-likeness (QED) is 0.544. The Morgan fingerprint density at radius 1 is 0.967 bits per heavy atom. The molecule has 4 aromatic rings. The highest BCUT2D eigenvalue weighted by Gasteiger charge is 2.31. The molecule has 0 atom stereocenters. The van der Waals surface area contributed by atoms with Gasteiger partial charge in [0.15, 0.2) is 5.65 Å². The summed E-state index contributed by atoms with van der Waals surface area (Å²) in [4.78, 5) is 24.7. The van der Waals surface area contributed by atoms with Crippen molar-refractivity contribution in [1.82, 2.24) is 29.9 Å². The van der Waals surface area contributed by atoms with Crippen LogP contribution in [-0.2, 0) is 6.18 Å². The number of aromatic nitrogens is 6. The topological polar surface area (TPSA) is 113 Å². The van der Waals surface area contributed by atoms with Crippen LogP contribution in [0.1, 0.15) is 16.8 Å². The van der Waals surface area contributed by atoms with Crippen LogP contribution in [0.25, 0.3) is 22.6 Å². The van der Waals surface area contributed by atoms with Crippen LogP contribution in [0.3, 0.4) is 0 Å². The van der Waals surface area contributed by atoms with Crippen LogP contribution >= 0.6 is 0 Å². The Kier molecular flexibility index (Phi) is 4.67. The summed E-state index contributed by atoms with van der Waals surface area (Å²) in [7, 11) is 0. The smallest absolute Gasteiger partial charge is 0.322 e. The van der Waals surface area contributed by atoms with E-state index in [-0.39, 0.29) is 17.3 Å². The van der Waals surface area contributed by atoms with Gasteiger partial charge in [-0.3, -0.25) is 0 Å². The third kappa shape index (κ3) is 3.70. The molecule has 0 unspecified atom stereocenters. The minimum atomic E-state index is -4.52. The van der Waals surface area contributed by atoms with Gasteiger partial charge in [-0.2, -0.15) is 18.4 Å². The zero-order valence-corrected chi connectivity index (χ0v) is 15.3. The van der Waals surface area contributed by atoms with E-state index < -0.39 is 11.7 Å². The summed E-state index contributed by atoms with van der Waals surface area (Å²) in [5.74, 6) is -0.0272. The van der Waals surface area contributed by atoms with Gasteiger partial charge in [-0.25, -0.2) is 29.9 Å². The van der Waals surface area contributed by atoms with Crippen molar-refractivity contribution in [1.29, 1.82) is 5.26 Å². The van der Waals surface area contributed by atoms with Gasteiger partial charge in [-0.05, 0) is 24.6 Å². The Morgan fingerprint density at radius 2 is 1.73 bits per heavy atom. The van der Waals surface area contributed by atoms with E-state index in [0.29, 0.717) is 35.0 Å². The fraction of sp³-hybridized carbons (Fsp3) is 0.105. The zero-order valence-electron chi connectivity index (χ0n) is 15.3. The highest BCUT2D eigenvalue weighted by Crippen LogP contribution is 2.29. The van der Waals surface area contributed by atoms with E-state index in [0.717, 1.165) is 5.56 Å². The second kappa shape index (κ2) is 7.32. The number of pyridine rings is 2. The number of hydrogen-bond donors (Lipinski definition) is 1. The van der Waals surface area contributed by atoms with E-state index in [2.05, 4.69) is 35.2 Å². The van der Waals surface area contributed by atoms with Crippen LogP contribution in [0, 0.1) is 18.3 Å². The van der Waals surface area contributed by atoms with Gasteiger partial charge in [-0.15, -0.1) is 0 Å². The average molecular weight is 408 g/mol. The summed E-state index contributed by atoms with van der Waals surface area (Å²) < 4.78 is 38.0. The summed E-state index contributed by atoms with van der Waals surface area (Å²) in [6.45, 7) is 1.84. The molecule has 0 fully saturated rings. The predicted molar refractivity (Wildman–Crippen MR) is 100 cm³/mol. The van der Waals surface area contributed by atoms with Gasteiger partial charge in [0, 0.05) is 18.6 Å². The van der Waals surface area contributed by atoms with Gasteiger partial charge in [0.2, 0.25) is 5.95 Å². The van der Waals surface area contributed by atoms with Crippen molar-refractivity contribution in [3.05, 3.63) is 59.8 Å². The molecular formula is C19H11F3N8. The van der Waals surface area contributed by atoms with Crippen molar-refractivity contribution in [3.8, 4) is 17.5 Å². The van der Waals surface area contributed by atoms with Crippen LogP contribution < -0.4 is 5.32 Å². The van der Waals surface area contributed by atoms with Gasteiger partial charge in [0.1, 0.15) is 23.0 Å². The summed E-state index contributed by atoms with van der Waals surface area (Å²) in [5, 5.41) is 11.9. The number of aryl methyl sites for hydroxylation is 1. The van der Waals surface area contributed by atoms with Gasteiger partial charge < -0.3 is 5.32 Å². The second-order valence-electron chi connectivity index (χ2n) is 6.18. The van der Waals surface area contributed by atoms with E-state index in [1.54, 1.807) is 18.2 Å². The van der Waals surface area contributed by atoms with Crippen molar-refractivity contribution >= 4 is 22.8 Å². The first-order valence-corrected chi connectivity index (χ1v) is 8.51. The summed E-state index contributed by atoms with van der Waals surface area (Å²) >= 11 is 0. The van der Waals surface area contributed by atoms with Gasteiger partial charge in [0.05, 0.1) is 23.1 Å². The van der Waals surface area contributed by atoms with Crippen LogP contribution in [0.15, 0.2) is 43.0 Å². The molecule has 0 aliphatic carbocycles. The van der Waals surface area contributed by atoms with E-state index >= 15 is 0 Å². The largest absolute Gasteiger partial charge is 0.419 e. The lowest BCUT2D eigenvalue weighted by Crippen LogP contribution is -2.07. The molecule has 0 aromatic carbocycles. The molecule has 4 aromatic heterocycles. The lowest BCUT2D eigenvalue weighted by atomic mass is 10.1. The third-order valence-electron chi connectivity index (χ3n) is 4.13. The fourth-order valence-electron chi connectivity index (χ4n) is 2.65. The molecule has 30 heavy (non-hydrogen) atoms. The average Bonchev–Trinajstić information content (AvgIpc) is 2.74. The Balaban J connectivity index is 1.69. The number of rotatable bonds is 3. The van der Waals surface area contributed by atoms with Crippen LogP contribution in [0.5, 0.6) is 0 Å². The van der Waals surface area contributed by atoms with Gasteiger partial charge >= 0.3 is 6.18 Å². The van der Waals surface area contributed by atoms with E-state index in [4.69, 9.17) is 5.26 Å². The van der Waals surface area contributed by atoms with Gasteiger partial charge in [0.25, 0.3) is 0 Å². The first-order chi connectivity index (χ1) is 14.3. The molecule has 0 aliphatic heterocycles. The number of anilines is 2. The monoisotopic (exact) mass is 408 g/mol. The normalized spacial score (nSPS) is 11.3. The van der Waals surface area contributed by atoms with Crippen LogP contribution in [0.2, 0.25) is 0 Å². The van der Waals surface area contributed by atoms with E-state index in [9.17, 15) is 13.2 Å². The van der Waals surface area contributed by atoms with Crippen molar-refractivity contribution in [2.75, 3.05) is 5.32 Å². The molecule has 8 nitrogen and oxygen atoms in total. The first-order valence-electron chi connectivity index (χ1n) is 8.51. The Morgan fingerprint density at radius 3 is 2.43 bits per heavy atom. The molecule has 0 saturated carbocycles. The number of alkyl halides is 3. The maximum absolute atomic E-state index is 12.7. The molecule has 148 valence electrons. The fourth-order valence-corrected chi connectivity index (χ4v) is 2.65. The Bertz CT molecular complexity index is 1280. The molecule has 0 amide bonds. The van der Waals surface area contributed by atoms with Crippen LogP contribution in [0.4, 0.5) is 24.8 Å². The zero-order chi connectivity index (χ0) is 21.3. The summed E-state index contributed by atoms with van der Waals surface area (Å²) in [6, 6.07) is 6.94. The Hall–Kier alpha value is -4.20. The highest BCUT2D eigenvalue weighted by atomic mass is 19.4. The second-order valence-corrected chi connectivity index (χ2v) is 6.18. The third-order valence-corrected chi connectivity index (χ3v) is 4.13. The molecule has 1 N–H and O–H groups in total. The number of nitriles is 1. The molecule has 0 spiro atoms. The number of hydrogen-bond acceptors (Lipinski definition) is 8. The molecule has 11 heteroatoms. The minimum absolute atomic E-state index is 0.0272. The number of nitrogens with zero attached hydrogens (tertiary/aromatic N) is 7. The lowest BCUT2D eigenvalue weighted by Gasteiger charge is -2.10. The minimum Gasteiger partial charge on any atom is -0.322 e. The van der Waals surface area contributed by atoms with Gasteiger partial charge in [-0.1, -0.05) is 6.07 Å². The standard InChI is InChI=1S/C19H11F3N8/c1-10-2-3-12(6-23)28-15(10)14-9-25-16-13(4-5-24-17(16)29-14)30-18-26-7-11(8-27-18)19(20,21)22/h2-5,7-9H,1H3,(H,24,26,27,29,30). The summed E-state index contributed by atoms with van der Waals surface area (Å²) in [5.41, 5.74) is 2.15. The number of fused-ring (bicyclic) bond motifs is 1. The highest BCUT2D eigenvalue weighted by molar-refractivity contribution is 5.87. The molecular weight excluding hydrogens is 397 g/mol. The maximum atomic E-state index is 12.7. The van der Waals surface area contributed by atoms with E-state index in [1.807, 2.05) is 13.0 Å². The predicted octanol–water partition coefficient (Wildman–Crippen LogP) is 3.82. The van der Waals surface area contributed by atoms with Crippen molar-refractivity contribution < 1.29 is 13.2 Å². The number of halogens is 3. The van der Waals surface area contributed by atoms with Crippen LogP contribution in [-0.4, -0.2) is 29.9 Å². The van der Waals surface area contributed by atoms with Crippen molar-refractivity contribution in [2.24, 2.45) is 0 Å². The van der Waals surface area contributed by atoms with E-state index in [1.165, 1.54) is 12.4 Å². The molecule has 4 heterocycles. The Labute approximate surface area is 167 Å². The van der Waals surface area contributed by atoms with Crippen molar-refractivity contribution in [3.63, 3.8) is 0 Å². The lowest BCUT2D eigenvalue weighted by molar-refractivity contribution is -0.138. The molecule has 4 rings (SSSR count). The van der Waals surface area contributed by atoms with Crippen molar-refractivity contribution in [2.45, 2.75) is 13.1 Å². The molecule has 0 bridgehead atoms. The SMILES string of the molecule is Cc1ccc(C#N)nc1-c1cnc2c(Nc3ncc(C(F)(F)F)cn3)ccnc2n1. The maximum Gasteiger partial charge on any atom is 0.419 e. The number of nitrogens with one attached hydrogen (secondary N) is 1. The molecule has 0 saturated heterocycles. The molecule has 0 aliphatic rings.